The first-order chi connectivity index (χ1) is 14.1. The standard InChI is InChI=1S/C21H33N5O3/c1-3-24-11-13-25(14-12-24)10-4-9-22-21(28)23-17-15-20(27)26(16-17)18-5-7-19(29-2)8-6-18/h5-8,17H,3-4,9-16H2,1-2H3,(H2,22,23,28)/t17-/m0/s1. The highest BCUT2D eigenvalue weighted by Crippen LogP contribution is 2.24. The summed E-state index contributed by atoms with van der Waals surface area (Å²) in [6.07, 6.45) is 1.25. The van der Waals surface area contributed by atoms with E-state index in [0.717, 1.165) is 57.1 Å². The van der Waals surface area contributed by atoms with Crippen LogP contribution in [0.4, 0.5) is 10.5 Å². The maximum Gasteiger partial charge on any atom is 0.315 e. The fourth-order valence-corrected chi connectivity index (χ4v) is 3.89. The highest BCUT2D eigenvalue weighted by molar-refractivity contribution is 5.96. The summed E-state index contributed by atoms with van der Waals surface area (Å²) in [5.74, 6) is 0.772. The largest absolute Gasteiger partial charge is 0.497 e. The third kappa shape index (κ3) is 6.08. The fourth-order valence-electron chi connectivity index (χ4n) is 3.89. The van der Waals surface area contributed by atoms with Crippen LogP contribution in [0.2, 0.25) is 0 Å². The minimum Gasteiger partial charge on any atom is -0.497 e. The van der Waals surface area contributed by atoms with Crippen LogP contribution in [-0.2, 0) is 4.79 Å². The lowest BCUT2D eigenvalue weighted by atomic mass is 10.2. The first-order valence-electron chi connectivity index (χ1n) is 10.5. The van der Waals surface area contributed by atoms with E-state index in [1.165, 1.54) is 0 Å². The van der Waals surface area contributed by atoms with Crippen LogP contribution in [0.3, 0.4) is 0 Å². The molecule has 0 aliphatic carbocycles. The number of carbonyl (C=O) groups excluding carboxylic acids is 2. The zero-order chi connectivity index (χ0) is 20.6. The predicted octanol–water partition coefficient (Wildman–Crippen LogP) is 1.13. The van der Waals surface area contributed by atoms with Crippen LogP contribution in [0.25, 0.3) is 0 Å². The Labute approximate surface area is 173 Å². The number of anilines is 1. The number of hydrogen-bond donors (Lipinski definition) is 2. The number of piperazine rings is 1. The van der Waals surface area contributed by atoms with E-state index in [1.807, 2.05) is 24.3 Å². The molecule has 2 aliphatic rings. The smallest absolute Gasteiger partial charge is 0.315 e. The molecule has 2 N–H and O–H groups in total. The zero-order valence-electron chi connectivity index (χ0n) is 17.5. The summed E-state index contributed by atoms with van der Waals surface area (Å²) in [7, 11) is 1.61. The Kier molecular flexibility index (Phi) is 7.71. The van der Waals surface area contributed by atoms with Crippen LogP contribution in [0, 0.1) is 0 Å². The SMILES string of the molecule is CCN1CCN(CCCNC(=O)N[C@H]2CC(=O)N(c3ccc(OC)cc3)C2)CC1. The van der Waals surface area contributed by atoms with Gasteiger partial charge in [-0.05, 0) is 43.8 Å². The number of likely N-dealkylation sites (N-methyl/N-ethyl adjacent to an activating group) is 1. The molecular formula is C21H33N5O3. The molecule has 3 amide bonds. The Morgan fingerprint density at radius 2 is 1.83 bits per heavy atom. The van der Waals surface area contributed by atoms with Gasteiger partial charge in [-0.1, -0.05) is 6.92 Å². The van der Waals surface area contributed by atoms with Crippen molar-refractivity contribution in [3.63, 3.8) is 0 Å². The van der Waals surface area contributed by atoms with Crippen LogP contribution in [0.15, 0.2) is 24.3 Å². The topological polar surface area (TPSA) is 77.2 Å². The summed E-state index contributed by atoms with van der Waals surface area (Å²) >= 11 is 0. The number of urea groups is 1. The van der Waals surface area contributed by atoms with Gasteiger partial charge in [-0.3, -0.25) is 4.79 Å². The van der Waals surface area contributed by atoms with Gasteiger partial charge in [0.25, 0.3) is 0 Å². The molecule has 1 aromatic rings. The Morgan fingerprint density at radius 1 is 1.14 bits per heavy atom. The number of amides is 3. The summed E-state index contributed by atoms with van der Waals surface area (Å²) in [5.41, 5.74) is 0.823. The molecule has 2 fully saturated rings. The Hall–Kier alpha value is -2.32. The molecule has 2 heterocycles. The van der Waals surface area contributed by atoms with Crippen molar-refractivity contribution in [3.8, 4) is 5.75 Å². The number of nitrogens with one attached hydrogen (secondary N) is 2. The van der Waals surface area contributed by atoms with Crippen molar-refractivity contribution in [1.29, 1.82) is 0 Å². The predicted molar refractivity (Wildman–Crippen MR) is 113 cm³/mol. The zero-order valence-corrected chi connectivity index (χ0v) is 17.5. The quantitative estimate of drug-likeness (QED) is 0.637. The van der Waals surface area contributed by atoms with Gasteiger partial charge in [-0.2, -0.15) is 0 Å². The molecule has 0 radical (unpaired) electrons. The highest BCUT2D eigenvalue weighted by Gasteiger charge is 2.31. The number of nitrogens with zero attached hydrogens (tertiary/aromatic N) is 3. The van der Waals surface area contributed by atoms with Crippen molar-refractivity contribution in [3.05, 3.63) is 24.3 Å². The fraction of sp³-hybridized carbons (Fsp3) is 0.619. The van der Waals surface area contributed by atoms with Crippen LogP contribution in [0.5, 0.6) is 5.75 Å². The first-order valence-corrected chi connectivity index (χ1v) is 10.5. The summed E-state index contributed by atoms with van der Waals surface area (Å²) in [6.45, 7) is 9.92. The molecule has 0 unspecified atom stereocenters. The second-order valence-corrected chi connectivity index (χ2v) is 7.63. The van der Waals surface area contributed by atoms with Crippen LogP contribution >= 0.6 is 0 Å². The van der Waals surface area contributed by atoms with Gasteiger partial charge in [0.05, 0.1) is 13.2 Å². The molecule has 1 atom stereocenters. The molecule has 0 saturated carbocycles. The van der Waals surface area contributed by atoms with Crippen molar-refractivity contribution in [2.45, 2.75) is 25.8 Å². The Balaban J connectivity index is 1.34. The Morgan fingerprint density at radius 3 is 2.48 bits per heavy atom. The molecule has 0 spiro atoms. The van der Waals surface area contributed by atoms with Gasteiger partial charge >= 0.3 is 6.03 Å². The molecule has 2 aliphatic heterocycles. The summed E-state index contributed by atoms with van der Waals surface area (Å²) in [4.78, 5) is 31.1. The maximum atomic E-state index is 12.3. The number of hydrogen-bond acceptors (Lipinski definition) is 5. The average Bonchev–Trinajstić information content (AvgIpc) is 3.11. The lowest BCUT2D eigenvalue weighted by Gasteiger charge is -2.33. The van der Waals surface area contributed by atoms with E-state index in [2.05, 4.69) is 27.4 Å². The van der Waals surface area contributed by atoms with Crippen molar-refractivity contribution in [2.24, 2.45) is 0 Å². The molecule has 3 rings (SSSR count). The summed E-state index contributed by atoms with van der Waals surface area (Å²) < 4.78 is 5.15. The van der Waals surface area contributed by atoms with Crippen molar-refractivity contribution < 1.29 is 14.3 Å². The molecule has 160 valence electrons. The van der Waals surface area contributed by atoms with Crippen LogP contribution in [-0.4, -0.2) is 87.2 Å². The number of benzene rings is 1. The third-order valence-electron chi connectivity index (χ3n) is 5.69. The van der Waals surface area contributed by atoms with E-state index in [9.17, 15) is 9.59 Å². The van der Waals surface area contributed by atoms with E-state index < -0.39 is 0 Å². The minimum absolute atomic E-state index is 0.0201. The lowest BCUT2D eigenvalue weighted by Crippen LogP contribution is -2.47. The lowest BCUT2D eigenvalue weighted by molar-refractivity contribution is -0.117. The molecule has 8 heteroatoms. The summed E-state index contributed by atoms with van der Waals surface area (Å²) in [5, 5.41) is 5.85. The molecular weight excluding hydrogens is 370 g/mol. The highest BCUT2D eigenvalue weighted by atomic mass is 16.5. The van der Waals surface area contributed by atoms with Gasteiger partial charge in [0.15, 0.2) is 0 Å². The van der Waals surface area contributed by atoms with E-state index in [1.54, 1.807) is 12.0 Å². The molecule has 29 heavy (non-hydrogen) atoms. The van der Waals surface area contributed by atoms with Crippen LogP contribution in [0.1, 0.15) is 19.8 Å². The molecule has 1 aromatic carbocycles. The van der Waals surface area contributed by atoms with Gasteiger partial charge in [-0.15, -0.1) is 0 Å². The normalized spacial score (nSPS) is 20.7. The Bertz CT molecular complexity index is 673. The summed E-state index contributed by atoms with van der Waals surface area (Å²) in [6, 6.07) is 7.01. The van der Waals surface area contributed by atoms with Gasteiger partial charge in [0, 0.05) is 51.4 Å². The van der Waals surface area contributed by atoms with E-state index in [0.29, 0.717) is 19.5 Å². The van der Waals surface area contributed by atoms with Gasteiger partial charge < -0.3 is 30.1 Å². The number of rotatable bonds is 8. The monoisotopic (exact) mass is 403 g/mol. The van der Waals surface area contributed by atoms with E-state index in [4.69, 9.17) is 4.74 Å². The molecule has 8 nitrogen and oxygen atoms in total. The number of carbonyl (C=O) groups is 2. The third-order valence-corrected chi connectivity index (χ3v) is 5.69. The van der Waals surface area contributed by atoms with Gasteiger partial charge in [0.2, 0.25) is 5.91 Å². The molecule has 0 aromatic heterocycles. The molecule has 0 bridgehead atoms. The molecule has 2 saturated heterocycles. The van der Waals surface area contributed by atoms with E-state index in [-0.39, 0.29) is 18.0 Å². The van der Waals surface area contributed by atoms with Crippen LogP contribution < -0.4 is 20.3 Å². The first kappa shape index (κ1) is 21.4. The van der Waals surface area contributed by atoms with Crippen molar-refractivity contribution in [2.75, 3.05) is 64.4 Å². The second kappa shape index (κ2) is 10.5. The minimum atomic E-state index is -0.199. The van der Waals surface area contributed by atoms with Gasteiger partial charge in [-0.25, -0.2) is 4.79 Å². The van der Waals surface area contributed by atoms with Crippen molar-refractivity contribution in [1.82, 2.24) is 20.4 Å². The van der Waals surface area contributed by atoms with Gasteiger partial charge in [0.1, 0.15) is 5.75 Å². The maximum absolute atomic E-state index is 12.3. The number of ether oxygens (including phenoxy) is 1. The average molecular weight is 404 g/mol. The van der Waals surface area contributed by atoms with E-state index >= 15 is 0 Å². The van der Waals surface area contributed by atoms with Crippen molar-refractivity contribution >= 4 is 17.6 Å². The second-order valence-electron chi connectivity index (χ2n) is 7.63. The number of methoxy groups -OCH3 is 1.